The first-order valence-corrected chi connectivity index (χ1v) is 9.33. The molecule has 0 aliphatic rings. The van der Waals surface area contributed by atoms with Crippen LogP contribution in [0.5, 0.6) is 0 Å². The van der Waals surface area contributed by atoms with Crippen molar-refractivity contribution in [1.82, 2.24) is 35.0 Å². The molecule has 0 aromatic carbocycles. The summed E-state index contributed by atoms with van der Waals surface area (Å²) >= 11 is 0. The zero-order valence-electron chi connectivity index (χ0n) is 16.5. The maximum atomic E-state index is 12.3. The Labute approximate surface area is 172 Å². The molecule has 0 spiro atoms. The second-order valence-corrected chi connectivity index (χ2v) is 6.56. The van der Waals surface area contributed by atoms with Crippen molar-refractivity contribution >= 4 is 17.7 Å². The van der Waals surface area contributed by atoms with Gasteiger partial charge in [0.15, 0.2) is 0 Å². The number of pyridine rings is 1. The van der Waals surface area contributed by atoms with Crippen LogP contribution < -0.4 is 10.6 Å². The number of rotatable bonds is 7. The topological polar surface area (TPSA) is 124 Å². The van der Waals surface area contributed by atoms with E-state index in [1.165, 1.54) is 6.26 Å². The van der Waals surface area contributed by atoms with Crippen LogP contribution in [0.25, 0.3) is 11.4 Å². The second-order valence-electron chi connectivity index (χ2n) is 6.56. The zero-order valence-corrected chi connectivity index (χ0v) is 16.5. The van der Waals surface area contributed by atoms with E-state index < -0.39 is 5.91 Å². The lowest BCUT2D eigenvalue weighted by molar-refractivity contribution is 0.0919. The summed E-state index contributed by atoms with van der Waals surface area (Å²) in [5, 5.41) is 9.98. The molecule has 0 saturated carbocycles. The number of hydrogen-bond acceptors (Lipinski definition) is 8. The van der Waals surface area contributed by atoms with Crippen molar-refractivity contribution in [2.45, 2.75) is 13.3 Å². The molecule has 4 heterocycles. The van der Waals surface area contributed by atoms with E-state index in [9.17, 15) is 4.79 Å². The van der Waals surface area contributed by atoms with Crippen molar-refractivity contribution in [3.63, 3.8) is 0 Å². The molecule has 1 amide bonds. The first-order chi connectivity index (χ1) is 14.6. The van der Waals surface area contributed by atoms with Crippen LogP contribution in [0.1, 0.15) is 21.9 Å². The fourth-order valence-corrected chi connectivity index (χ4v) is 2.79. The van der Waals surface area contributed by atoms with Crippen molar-refractivity contribution in [3.05, 3.63) is 66.3 Å². The molecule has 0 fully saturated rings. The third-order valence-corrected chi connectivity index (χ3v) is 4.37. The van der Waals surface area contributed by atoms with Crippen molar-refractivity contribution in [1.29, 1.82) is 0 Å². The monoisotopic (exact) mass is 404 g/mol. The minimum absolute atomic E-state index is 0.0230. The SMILES string of the molecule is Cc1cnc(Nc2ccnn2C)nc1-c1coc(C(=O)NCCc2ccccn2)n1. The molecule has 0 bridgehead atoms. The molecule has 4 aromatic heterocycles. The summed E-state index contributed by atoms with van der Waals surface area (Å²) in [7, 11) is 1.81. The molecule has 0 radical (unpaired) electrons. The van der Waals surface area contributed by atoms with Gasteiger partial charge in [0.05, 0.1) is 6.20 Å². The lowest BCUT2D eigenvalue weighted by atomic mass is 10.2. The Kier molecular flexibility index (Phi) is 5.46. The Morgan fingerprint density at radius 2 is 2.07 bits per heavy atom. The van der Waals surface area contributed by atoms with Gasteiger partial charge in [-0.1, -0.05) is 6.07 Å². The third-order valence-electron chi connectivity index (χ3n) is 4.37. The maximum Gasteiger partial charge on any atom is 0.307 e. The number of anilines is 2. The summed E-state index contributed by atoms with van der Waals surface area (Å²) < 4.78 is 7.04. The van der Waals surface area contributed by atoms with E-state index in [2.05, 4.69) is 35.7 Å². The molecular formula is C20H20N8O2. The predicted octanol–water partition coefficient (Wildman–Crippen LogP) is 2.28. The molecule has 152 valence electrons. The molecule has 2 N–H and O–H groups in total. The van der Waals surface area contributed by atoms with E-state index >= 15 is 0 Å². The quantitative estimate of drug-likeness (QED) is 0.481. The number of carbonyl (C=O) groups excluding carboxylic acids is 1. The highest BCUT2D eigenvalue weighted by molar-refractivity contribution is 5.90. The van der Waals surface area contributed by atoms with E-state index in [-0.39, 0.29) is 5.89 Å². The van der Waals surface area contributed by atoms with E-state index in [0.717, 1.165) is 17.1 Å². The van der Waals surface area contributed by atoms with Crippen LogP contribution in [0.2, 0.25) is 0 Å². The fraction of sp³-hybridized carbons (Fsp3) is 0.200. The molecule has 0 aliphatic heterocycles. The second kappa shape index (κ2) is 8.52. The Morgan fingerprint density at radius 3 is 2.83 bits per heavy atom. The number of oxazole rings is 1. The highest BCUT2D eigenvalue weighted by Gasteiger charge is 2.17. The summed E-state index contributed by atoms with van der Waals surface area (Å²) in [6, 6.07) is 7.48. The van der Waals surface area contributed by atoms with Gasteiger partial charge in [0.2, 0.25) is 5.95 Å². The number of carbonyl (C=O) groups is 1. The van der Waals surface area contributed by atoms with Crippen molar-refractivity contribution in [2.24, 2.45) is 7.05 Å². The predicted molar refractivity (Wildman–Crippen MR) is 109 cm³/mol. The molecule has 10 nitrogen and oxygen atoms in total. The molecule has 10 heteroatoms. The average molecular weight is 404 g/mol. The number of nitrogens with one attached hydrogen (secondary N) is 2. The number of nitrogens with zero attached hydrogens (tertiary/aromatic N) is 6. The first kappa shape index (κ1) is 19.2. The van der Waals surface area contributed by atoms with Gasteiger partial charge in [0.25, 0.3) is 5.89 Å². The van der Waals surface area contributed by atoms with Crippen molar-refractivity contribution in [3.8, 4) is 11.4 Å². The Bertz CT molecular complexity index is 1150. The molecule has 4 rings (SSSR count). The Balaban J connectivity index is 1.44. The van der Waals surface area contributed by atoms with Crippen LogP contribution in [-0.2, 0) is 13.5 Å². The van der Waals surface area contributed by atoms with Gasteiger partial charge in [-0.15, -0.1) is 0 Å². The molecule has 0 atom stereocenters. The lowest BCUT2D eigenvalue weighted by Gasteiger charge is -2.07. The first-order valence-electron chi connectivity index (χ1n) is 9.33. The highest BCUT2D eigenvalue weighted by Crippen LogP contribution is 2.22. The van der Waals surface area contributed by atoms with Gasteiger partial charge in [0.1, 0.15) is 23.5 Å². The molecule has 0 saturated heterocycles. The van der Waals surface area contributed by atoms with Crippen LogP contribution in [0.15, 0.2) is 53.5 Å². The molecule has 4 aromatic rings. The van der Waals surface area contributed by atoms with E-state index in [1.807, 2.05) is 38.2 Å². The van der Waals surface area contributed by atoms with Crippen molar-refractivity contribution < 1.29 is 9.21 Å². The maximum absolute atomic E-state index is 12.3. The normalized spacial score (nSPS) is 10.7. The summed E-state index contributed by atoms with van der Waals surface area (Å²) in [6.45, 7) is 2.29. The lowest BCUT2D eigenvalue weighted by Crippen LogP contribution is -2.26. The van der Waals surface area contributed by atoms with Crippen LogP contribution in [-0.4, -0.2) is 42.2 Å². The molecule has 0 unspecified atom stereocenters. The van der Waals surface area contributed by atoms with Gasteiger partial charge >= 0.3 is 5.91 Å². The van der Waals surface area contributed by atoms with E-state index in [4.69, 9.17) is 4.42 Å². The molecular weight excluding hydrogens is 384 g/mol. The number of hydrogen-bond donors (Lipinski definition) is 2. The van der Waals surface area contributed by atoms with Crippen LogP contribution in [0, 0.1) is 6.92 Å². The number of aryl methyl sites for hydroxylation is 2. The Hall–Kier alpha value is -4.08. The van der Waals surface area contributed by atoms with E-state index in [0.29, 0.717) is 30.3 Å². The average Bonchev–Trinajstić information content (AvgIpc) is 3.40. The highest BCUT2D eigenvalue weighted by atomic mass is 16.4. The summed E-state index contributed by atoms with van der Waals surface area (Å²) in [6.07, 6.45) is 7.11. The van der Waals surface area contributed by atoms with Crippen LogP contribution in [0.3, 0.4) is 0 Å². The van der Waals surface area contributed by atoms with Gasteiger partial charge in [-0.3, -0.25) is 14.5 Å². The number of amides is 1. The zero-order chi connectivity index (χ0) is 20.9. The van der Waals surface area contributed by atoms with Gasteiger partial charge in [-0.2, -0.15) is 5.10 Å². The van der Waals surface area contributed by atoms with Gasteiger partial charge in [0, 0.05) is 44.2 Å². The largest absolute Gasteiger partial charge is 0.440 e. The molecule has 0 aliphatic carbocycles. The minimum atomic E-state index is -0.392. The van der Waals surface area contributed by atoms with Crippen LogP contribution in [0.4, 0.5) is 11.8 Å². The standard InChI is InChI=1S/C20H20N8O2/c1-13-11-23-20(26-16-7-10-24-28(16)2)27-17(13)15-12-30-19(25-15)18(29)22-9-6-14-5-3-4-8-21-14/h3-5,7-8,10-12H,6,9H2,1-2H3,(H,22,29)(H,23,26,27). The smallest absolute Gasteiger partial charge is 0.307 e. The van der Waals surface area contributed by atoms with Crippen molar-refractivity contribution in [2.75, 3.05) is 11.9 Å². The van der Waals surface area contributed by atoms with Gasteiger partial charge < -0.3 is 15.1 Å². The van der Waals surface area contributed by atoms with Gasteiger partial charge in [-0.25, -0.2) is 15.0 Å². The minimum Gasteiger partial charge on any atom is -0.440 e. The number of aromatic nitrogens is 6. The Morgan fingerprint density at radius 1 is 1.17 bits per heavy atom. The molecule has 30 heavy (non-hydrogen) atoms. The summed E-state index contributed by atoms with van der Waals surface area (Å²) in [4.78, 5) is 29.6. The van der Waals surface area contributed by atoms with Gasteiger partial charge in [-0.05, 0) is 24.6 Å². The fourth-order valence-electron chi connectivity index (χ4n) is 2.79. The van der Waals surface area contributed by atoms with E-state index in [1.54, 1.807) is 23.3 Å². The third kappa shape index (κ3) is 4.32. The van der Waals surface area contributed by atoms with Crippen LogP contribution >= 0.6 is 0 Å². The summed E-state index contributed by atoms with van der Waals surface area (Å²) in [5.74, 6) is 0.726. The summed E-state index contributed by atoms with van der Waals surface area (Å²) in [5.41, 5.74) is 2.74.